The van der Waals surface area contributed by atoms with Crippen molar-refractivity contribution in [2.24, 2.45) is 0 Å². The van der Waals surface area contributed by atoms with Crippen LogP contribution in [0.1, 0.15) is 38.8 Å². The van der Waals surface area contributed by atoms with E-state index in [4.69, 9.17) is 9.78 Å². The minimum Gasteiger partial charge on any atom is -2.00 e. The molecule has 0 N–H and O–H groups in total. The van der Waals surface area contributed by atoms with Crippen LogP contribution in [0, 0.1) is 0 Å². The summed E-state index contributed by atoms with van der Waals surface area (Å²) in [5.74, 6) is 0. The molecule has 0 aliphatic rings. The average Bonchev–Trinajstić information content (AvgIpc) is 2.47. The van der Waals surface area contributed by atoms with Gasteiger partial charge in [-0.2, -0.15) is 0 Å². The maximum Gasteiger partial charge on any atom is 2.00 e. The predicted octanol–water partition coefficient (Wildman–Crippen LogP) is 4.31. The third kappa shape index (κ3) is 5.37. The van der Waals surface area contributed by atoms with Gasteiger partial charge in [0.05, 0.1) is 0 Å². The van der Waals surface area contributed by atoms with Crippen molar-refractivity contribution >= 4 is 23.1 Å². The van der Waals surface area contributed by atoms with Crippen LogP contribution in [-0.2, 0) is 26.5 Å². The van der Waals surface area contributed by atoms with E-state index < -0.39 is 11.2 Å². The molecule has 2 rings (SSSR count). The molecular formula is C18H22MgO3. The smallest absolute Gasteiger partial charge is 2.00 e. The van der Waals surface area contributed by atoms with Gasteiger partial charge in [-0.3, -0.25) is 0 Å². The fraction of sp³-hybridized carbons (Fsp3) is 0.333. The van der Waals surface area contributed by atoms with Gasteiger partial charge in [-0.25, -0.2) is 9.78 Å². The molecule has 2 aromatic rings. The first-order valence-electron chi connectivity index (χ1n) is 6.90. The summed E-state index contributed by atoms with van der Waals surface area (Å²) in [5.41, 5.74) is 1.19. The van der Waals surface area contributed by atoms with Crippen LogP contribution in [-0.4, -0.2) is 23.1 Å². The van der Waals surface area contributed by atoms with Gasteiger partial charge in [-0.1, -0.05) is 60.7 Å². The van der Waals surface area contributed by atoms with Gasteiger partial charge in [0.15, 0.2) is 0 Å². The Kier molecular flexibility index (Phi) is 8.29. The topological polar surface area (TPSA) is 47.0 Å². The normalized spacial score (nSPS) is 11.3. The summed E-state index contributed by atoms with van der Waals surface area (Å²) >= 11 is 0. The summed E-state index contributed by atoms with van der Waals surface area (Å²) in [6.07, 6.45) is 0. The Morgan fingerprint density at radius 1 is 0.591 bits per heavy atom. The van der Waals surface area contributed by atoms with Crippen molar-refractivity contribution in [2.75, 3.05) is 0 Å². The van der Waals surface area contributed by atoms with Crippen LogP contribution in [0.4, 0.5) is 0 Å². The van der Waals surface area contributed by atoms with Gasteiger partial charge in [0.25, 0.3) is 0 Å². The fourth-order valence-corrected chi connectivity index (χ4v) is 1.98. The van der Waals surface area contributed by atoms with Crippen molar-refractivity contribution in [3.63, 3.8) is 0 Å². The summed E-state index contributed by atoms with van der Waals surface area (Å²) < 4.78 is 0. The molecule has 4 heteroatoms. The van der Waals surface area contributed by atoms with Crippen LogP contribution in [0.5, 0.6) is 0 Å². The molecule has 0 aromatic heterocycles. The molecule has 3 nitrogen and oxygen atoms in total. The third-order valence-electron chi connectivity index (χ3n) is 3.40. The molecule has 0 bridgehead atoms. The van der Waals surface area contributed by atoms with Gasteiger partial charge < -0.3 is 5.48 Å². The summed E-state index contributed by atoms with van der Waals surface area (Å²) in [5, 5.41) is 0. The van der Waals surface area contributed by atoms with E-state index in [1.54, 1.807) is 0 Å². The van der Waals surface area contributed by atoms with E-state index in [0.717, 1.165) is 11.1 Å². The molecule has 0 amide bonds. The van der Waals surface area contributed by atoms with Gasteiger partial charge in [0.1, 0.15) is 11.2 Å². The van der Waals surface area contributed by atoms with Crippen LogP contribution in [0.2, 0.25) is 0 Å². The molecule has 2 aromatic carbocycles. The zero-order valence-electron chi connectivity index (χ0n) is 13.7. The summed E-state index contributed by atoms with van der Waals surface area (Å²) in [6.45, 7) is 8.01. The molecule has 0 radical (unpaired) electrons. The monoisotopic (exact) mass is 310 g/mol. The van der Waals surface area contributed by atoms with E-state index in [0.29, 0.717) is 0 Å². The van der Waals surface area contributed by atoms with E-state index in [2.05, 4.69) is 0 Å². The van der Waals surface area contributed by atoms with Crippen LogP contribution in [0.15, 0.2) is 60.7 Å². The number of hydrogen-bond acceptors (Lipinski definition) is 2. The predicted molar refractivity (Wildman–Crippen MR) is 87.5 cm³/mol. The molecule has 114 valence electrons. The molecule has 0 spiro atoms. The van der Waals surface area contributed by atoms with E-state index >= 15 is 0 Å². The zero-order valence-corrected chi connectivity index (χ0v) is 15.1. The van der Waals surface area contributed by atoms with Crippen LogP contribution >= 0.6 is 0 Å². The maximum absolute atomic E-state index is 5.73. The third-order valence-corrected chi connectivity index (χ3v) is 3.40. The standard InChI is InChI=1S/C18H22O2.Mg.O/c1-17(2,15-11-7-5-8-12-15)19-20-18(3,4)16-13-9-6-10-14-16;;/h5-14H,1-4H3;;/q;+2;-2. The summed E-state index contributed by atoms with van der Waals surface area (Å²) in [7, 11) is 0. The zero-order chi connectivity index (χ0) is 14.6. The number of rotatable bonds is 5. The fourth-order valence-electron chi connectivity index (χ4n) is 1.98. The first kappa shape index (κ1) is 21.1. The molecule has 0 saturated carbocycles. The van der Waals surface area contributed by atoms with E-state index in [1.807, 2.05) is 88.4 Å². The molecule has 0 aliphatic carbocycles. The van der Waals surface area contributed by atoms with Crippen molar-refractivity contribution in [2.45, 2.75) is 38.9 Å². The summed E-state index contributed by atoms with van der Waals surface area (Å²) in [4.78, 5) is 11.5. The van der Waals surface area contributed by atoms with Gasteiger partial charge in [-0.15, -0.1) is 0 Å². The van der Waals surface area contributed by atoms with Crippen LogP contribution < -0.4 is 0 Å². The van der Waals surface area contributed by atoms with Gasteiger partial charge in [0.2, 0.25) is 0 Å². The molecule has 0 fully saturated rings. The quantitative estimate of drug-likeness (QED) is 0.469. The van der Waals surface area contributed by atoms with Crippen molar-refractivity contribution in [3.8, 4) is 0 Å². The Bertz CT molecular complexity index is 487. The van der Waals surface area contributed by atoms with Crippen molar-refractivity contribution in [1.82, 2.24) is 0 Å². The van der Waals surface area contributed by atoms with Gasteiger partial charge >= 0.3 is 23.1 Å². The van der Waals surface area contributed by atoms with Gasteiger partial charge in [-0.05, 0) is 38.8 Å². The second kappa shape index (κ2) is 8.65. The second-order valence-corrected chi connectivity index (χ2v) is 5.92. The Labute approximate surface area is 149 Å². The first-order valence-corrected chi connectivity index (χ1v) is 6.90. The Morgan fingerprint density at radius 2 is 0.864 bits per heavy atom. The first-order chi connectivity index (χ1) is 9.42. The molecule has 0 saturated heterocycles. The van der Waals surface area contributed by atoms with E-state index in [-0.39, 0.29) is 28.5 Å². The molecule has 0 aliphatic heterocycles. The average molecular weight is 311 g/mol. The van der Waals surface area contributed by atoms with E-state index in [1.165, 1.54) is 0 Å². The van der Waals surface area contributed by atoms with Crippen LogP contribution in [0.3, 0.4) is 0 Å². The Balaban J connectivity index is 0.00000220. The molecule has 0 unspecified atom stereocenters. The molecular weight excluding hydrogens is 288 g/mol. The van der Waals surface area contributed by atoms with E-state index in [9.17, 15) is 0 Å². The Morgan fingerprint density at radius 3 is 1.14 bits per heavy atom. The SMILES string of the molecule is CC(C)(OOC(C)(C)c1ccccc1)c1ccccc1.[Mg+2].[O-2]. The van der Waals surface area contributed by atoms with Crippen molar-refractivity contribution in [1.29, 1.82) is 0 Å². The minimum absolute atomic E-state index is 0. The number of benzene rings is 2. The van der Waals surface area contributed by atoms with Crippen molar-refractivity contribution in [3.05, 3.63) is 71.8 Å². The Hall–Kier alpha value is -0.914. The maximum atomic E-state index is 5.73. The molecule has 0 heterocycles. The largest absolute Gasteiger partial charge is 2.00 e. The molecule has 22 heavy (non-hydrogen) atoms. The summed E-state index contributed by atoms with van der Waals surface area (Å²) in [6, 6.07) is 20.2. The number of hydrogen-bond donors (Lipinski definition) is 0. The second-order valence-electron chi connectivity index (χ2n) is 5.92. The minimum atomic E-state index is -0.493. The van der Waals surface area contributed by atoms with Gasteiger partial charge in [0, 0.05) is 0 Å². The van der Waals surface area contributed by atoms with Crippen LogP contribution in [0.25, 0.3) is 0 Å². The molecule has 0 atom stereocenters. The van der Waals surface area contributed by atoms with Crippen molar-refractivity contribution < 1.29 is 15.3 Å².